The average Bonchev–Trinajstić information content (AvgIpc) is 2.96. The number of hydrogen-bond donors (Lipinski definition) is 2. The monoisotopic (exact) mass is 311 g/mol. The van der Waals surface area contributed by atoms with Crippen molar-refractivity contribution in [3.63, 3.8) is 0 Å². The Hall–Kier alpha value is -1.67. The second-order valence-electron chi connectivity index (χ2n) is 4.29. The van der Waals surface area contributed by atoms with Crippen LogP contribution in [0, 0.1) is 6.92 Å². The molecule has 2 aromatic heterocycles. The van der Waals surface area contributed by atoms with Gasteiger partial charge in [-0.25, -0.2) is 9.97 Å². The van der Waals surface area contributed by atoms with E-state index in [1.807, 2.05) is 13.8 Å². The Labute approximate surface area is 125 Å². The van der Waals surface area contributed by atoms with E-state index >= 15 is 0 Å². The van der Waals surface area contributed by atoms with Crippen molar-refractivity contribution in [3.8, 4) is 0 Å². The summed E-state index contributed by atoms with van der Waals surface area (Å²) in [5, 5.41) is 3.74. The normalized spacial score (nSPS) is 10.6. The molecule has 8 heteroatoms. The largest absolute Gasteiger partial charge is 0.382 e. The van der Waals surface area contributed by atoms with Gasteiger partial charge in [-0.15, -0.1) is 11.3 Å². The lowest BCUT2D eigenvalue weighted by Gasteiger charge is -2.15. The molecule has 0 spiro atoms. The summed E-state index contributed by atoms with van der Waals surface area (Å²) in [5.74, 6) is 0.167. The van der Waals surface area contributed by atoms with Gasteiger partial charge in [0, 0.05) is 18.5 Å². The topological polar surface area (TPSA) is 84.1 Å². The highest BCUT2D eigenvalue weighted by Gasteiger charge is 2.20. The highest BCUT2D eigenvalue weighted by molar-refractivity contribution is 7.18. The second kappa shape index (κ2) is 6.19. The number of aryl methyl sites for hydroxylation is 1. The molecule has 6 nitrogen and oxygen atoms in total. The molecule has 0 radical (unpaired) electrons. The summed E-state index contributed by atoms with van der Waals surface area (Å²) in [7, 11) is 1.76. The lowest BCUT2D eigenvalue weighted by atomic mass is 10.3. The van der Waals surface area contributed by atoms with Crippen molar-refractivity contribution in [1.29, 1.82) is 0 Å². The minimum atomic E-state index is -0.114. The van der Waals surface area contributed by atoms with Crippen LogP contribution in [0.3, 0.4) is 0 Å². The maximum atomic E-state index is 12.4. The molecule has 0 aromatic carbocycles. The van der Waals surface area contributed by atoms with E-state index < -0.39 is 0 Å². The number of anilines is 2. The molecule has 0 saturated heterocycles. The van der Waals surface area contributed by atoms with E-state index in [2.05, 4.69) is 15.3 Å². The third kappa shape index (κ3) is 3.07. The standard InChI is InChI=1S/C12H17N5OS2/c1-4-14-12-16-10(13)9(20-12)11(18)17(3)5-8-7(2)15-6-19-8/h6H,4-5,13H2,1-3H3,(H,14,16). The molecule has 0 aliphatic heterocycles. The number of hydrogen-bond acceptors (Lipinski definition) is 7. The first-order valence-corrected chi connectivity index (χ1v) is 7.87. The number of carbonyl (C=O) groups excluding carboxylic acids is 1. The third-order valence-corrected chi connectivity index (χ3v) is 4.68. The predicted molar refractivity (Wildman–Crippen MR) is 83.3 cm³/mol. The summed E-state index contributed by atoms with van der Waals surface area (Å²) >= 11 is 2.83. The van der Waals surface area contributed by atoms with Crippen LogP contribution in [0.25, 0.3) is 0 Å². The first-order valence-electron chi connectivity index (χ1n) is 6.17. The summed E-state index contributed by atoms with van der Waals surface area (Å²) < 4.78 is 0. The maximum Gasteiger partial charge on any atom is 0.267 e. The molecule has 1 amide bonds. The van der Waals surface area contributed by atoms with Gasteiger partial charge in [-0.05, 0) is 13.8 Å². The molecule has 2 heterocycles. The number of carbonyl (C=O) groups is 1. The van der Waals surface area contributed by atoms with Gasteiger partial charge in [0.05, 0.1) is 17.7 Å². The van der Waals surface area contributed by atoms with Crippen LogP contribution in [0.2, 0.25) is 0 Å². The van der Waals surface area contributed by atoms with Crippen molar-refractivity contribution < 1.29 is 4.79 Å². The number of nitrogens with two attached hydrogens (primary N) is 1. The Morgan fingerprint density at radius 2 is 2.30 bits per heavy atom. The van der Waals surface area contributed by atoms with Gasteiger partial charge in [-0.2, -0.15) is 0 Å². The molecular formula is C12H17N5OS2. The van der Waals surface area contributed by atoms with Gasteiger partial charge in [0.15, 0.2) is 5.13 Å². The minimum absolute atomic E-state index is 0.114. The van der Waals surface area contributed by atoms with E-state index in [4.69, 9.17) is 5.73 Å². The Morgan fingerprint density at radius 3 is 2.90 bits per heavy atom. The van der Waals surface area contributed by atoms with Crippen LogP contribution in [-0.2, 0) is 6.54 Å². The number of nitrogen functional groups attached to an aromatic ring is 1. The number of aromatic nitrogens is 2. The van der Waals surface area contributed by atoms with Gasteiger partial charge in [-0.1, -0.05) is 11.3 Å². The first kappa shape index (κ1) is 14.7. The molecule has 2 aromatic rings. The van der Waals surface area contributed by atoms with Crippen LogP contribution in [0.5, 0.6) is 0 Å². The highest BCUT2D eigenvalue weighted by atomic mass is 32.1. The molecule has 3 N–H and O–H groups in total. The van der Waals surface area contributed by atoms with Crippen molar-refractivity contribution >= 4 is 39.5 Å². The zero-order valence-corrected chi connectivity index (χ0v) is 13.3. The summed E-state index contributed by atoms with van der Waals surface area (Å²) in [4.78, 5) is 23.9. The van der Waals surface area contributed by atoms with Crippen molar-refractivity contribution in [2.75, 3.05) is 24.6 Å². The molecule has 2 rings (SSSR count). The minimum Gasteiger partial charge on any atom is -0.382 e. The number of amides is 1. The van der Waals surface area contributed by atoms with Crippen LogP contribution in [0.4, 0.5) is 10.9 Å². The smallest absolute Gasteiger partial charge is 0.267 e. The summed E-state index contributed by atoms with van der Waals surface area (Å²) in [6.45, 7) is 5.19. The fraction of sp³-hybridized carbons (Fsp3) is 0.417. The van der Waals surface area contributed by atoms with Crippen LogP contribution in [0.15, 0.2) is 5.51 Å². The van der Waals surface area contributed by atoms with Gasteiger partial charge < -0.3 is 16.0 Å². The zero-order valence-electron chi connectivity index (χ0n) is 11.6. The maximum absolute atomic E-state index is 12.4. The molecule has 0 saturated carbocycles. The van der Waals surface area contributed by atoms with E-state index in [9.17, 15) is 4.79 Å². The Balaban J connectivity index is 2.12. The van der Waals surface area contributed by atoms with Gasteiger partial charge in [-0.3, -0.25) is 4.79 Å². The van der Waals surface area contributed by atoms with Crippen LogP contribution >= 0.6 is 22.7 Å². The van der Waals surface area contributed by atoms with Crippen molar-refractivity contribution in [2.24, 2.45) is 0 Å². The molecular weight excluding hydrogens is 294 g/mol. The molecule has 108 valence electrons. The van der Waals surface area contributed by atoms with Crippen molar-refractivity contribution in [1.82, 2.24) is 14.9 Å². The predicted octanol–water partition coefficient (Wildman–Crippen LogP) is 2.19. The quantitative estimate of drug-likeness (QED) is 0.884. The summed E-state index contributed by atoms with van der Waals surface area (Å²) in [6.07, 6.45) is 0. The SMILES string of the molecule is CCNc1nc(N)c(C(=O)N(C)Cc2scnc2C)s1. The second-order valence-corrected chi connectivity index (χ2v) is 6.22. The average molecular weight is 311 g/mol. The first-order chi connectivity index (χ1) is 9.52. The lowest BCUT2D eigenvalue weighted by Crippen LogP contribution is -2.26. The molecule has 0 unspecified atom stereocenters. The number of nitrogens with one attached hydrogen (secondary N) is 1. The van der Waals surface area contributed by atoms with Gasteiger partial charge in [0.1, 0.15) is 10.7 Å². The number of nitrogens with zero attached hydrogens (tertiary/aromatic N) is 3. The number of rotatable bonds is 5. The van der Waals surface area contributed by atoms with Crippen LogP contribution in [-0.4, -0.2) is 34.4 Å². The fourth-order valence-electron chi connectivity index (χ4n) is 1.65. The van der Waals surface area contributed by atoms with E-state index in [0.29, 0.717) is 16.6 Å². The Kier molecular flexibility index (Phi) is 4.56. The van der Waals surface area contributed by atoms with Crippen LogP contribution < -0.4 is 11.1 Å². The molecule has 0 atom stereocenters. The van der Waals surface area contributed by atoms with Crippen molar-refractivity contribution in [2.45, 2.75) is 20.4 Å². The molecule has 0 fully saturated rings. The summed E-state index contributed by atoms with van der Waals surface area (Å²) in [6, 6.07) is 0. The lowest BCUT2D eigenvalue weighted by molar-refractivity contribution is 0.0792. The zero-order chi connectivity index (χ0) is 14.7. The van der Waals surface area contributed by atoms with Gasteiger partial charge in [0.25, 0.3) is 5.91 Å². The molecule has 0 bridgehead atoms. The number of thiazole rings is 2. The van der Waals surface area contributed by atoms with E-state index in [-0.39, 0.29) is 11.7 Å². The molecule has 0 aliphatic carbocycles. The highest BCUT2D eigenvalue weighted by Crippen LogP contribution is 2.26. The van der Waals surface area contributed by atoms with E-state index in [0.717, 1.165) is 17.1 Å². The van der Waals surface area contributed by atoms with E-state index in [1.54, 1.807) is 28.8 Å². The Morgan fingerprint density at radius 1 is 1.55 bits per heavy atom. The van der Waals surface area contributed by atoms with Crippen molar-refractivity contribution in [3.05, 3.63) is 21.0 Å². The van der Waals surface area contributed by atoms with Gasteiger partial charge >= 0.3 is 0 Å². The van der Waals surface area contributed by atoms with Gasteiger partial charge in [0.2, 0.25) is 0 Å². The molecule has 0 aliphatic rings. The molecule has 20 heavy (non-hydrogen) atoms. The summed E-state index contributed by atoms with van der Waals surface area (Å²) in [5.41, 5.74) is 8.56. The van der Waals surface area contributed by atoms with Crippen LogP contribution in [0.1, 0.15) is 27.2 Å². The Bertz CT molecular complexity index is 607. The third-order valence-electron chi connectivity index (χ3n) is 2.75. The fourth-order valence-corrected chi connectivity index (χ4v) is 3.43. The van der Waals surface area contributed by atoms with E-state index in [1.165, 1.54) is 11.3 Å².